The maximum absolute atomic E-state index is 10.5. The Morgan fingerprint density at radius 3 is 2.33 bits per heavy atom. The lowest BCUT2D eigenvalue weighted by atomic mass is 10.1. The van der Waals surface area contributed by atoms with Gasteiger partial charge in [0.2, 0.25) is 0 Å². The first-order valence-electron chi connectivity index (χ1n) is 3.44. The predicted molar refractivity (Wildman–Crippen MR) is 37.6 cm³/mol. The molecule has 9 heavy (non-hydrogen) atoms. The van der Waals surface area contributed by atoms with E-state index in [1.54, 1.807) is 0 Å². The standard InChI is InChI=1S/C7H13NO/c1-3-7(4-5-7)6-8(2)9/h2-6H2,1H3. The van der Waals surface area contributed by atoms with E-state index in [9.17, 15) is 5.21 Å². The van der Waals surface area contributed by atoms with E-state index >= 15 is 0 Å². The summed E-state index contributed by atoms with van der Waals surface area (Å²) in [5, 5.41) is 10.5. The fourth-order valence-corrected chi connectivity index (χ4v) is 1.17. The Bertz CT molecular complexity index is 127. The van der Waals surface area contributed by atoms with Crippen LogP contribution in [0.3, 0.4) is 0 Å². The molecular formula is C7H13NO. The summed E-state index contributed by atoms with van der Waals surface area (Å²) in [5.74, 6) is 0. The molecule has 0 aliphatic heterocycles. The van der Waals surface area contributed by atoms with Crippen LogP contribution in [0, 0.1) is 10.6 Å². The van der Waals surface area contributed by atoms with E-state index in [-0.39, 0.29) is 0 Å². The highest BCUT2D eigenvalue weighted by molar-refractivity contribution is 5.15. The van der Waals surface area contributed by atoms with E-state index in [2.05, 4.69) is 13.6 Å². The molecule has 0 amide bonds. The first-order chi connectivity index (χ1) is 4.18. The van der Waals surface area contributed by atoms with Crippen LogP contribution in [0.2, 0.25) is 0 Å². The molecule has 0 aromatic heterocycles. The van der Waals surface area contributed by atoms with Crippen molar-refractivity contribution in [2.24, 2.45) is 5.41 Å². The van der Waals surface area contributed by atoms with Gasteiger partial charge in [-0.25, -0.2) is 4.74 Å². The number of nitrogens with zero attached hydrogens (tertiary/aromatic N) is 1. The molecule has 0 radical (unpaired) electrons. The van der Waals surface area contributed by atoms with Gasteiger partial charge in [0.25, 0.3) is 0 Å². The van der Waals surface area contributed by atoms with Crippen LogP contribution in [0.1, 0.15) is 26.2 Å². The van der Waals surface area contributed by atoms with Crippen molar-refractivity contribution in [1.29, 1.82) is 0 Å². The zero-order valence-corrected chi connectivity index (χ0v) is 5.89. The van der Waals surface area contributed by atoms with Crippen LogP contribution in [0.25, 0.3) is 0 Å². The van der Waals surface area contributed by atoms with Gasteiger partial charge in [-0.1, -0.05) is 6.92 Å². The lowest BCUT2D eigenvalue weighted by Crippen LogP contribution is -2.14. The summed E-state index contributed by atoms with van der Waals surface area (Å²) in [6.07, 6.45) is 3.57. The molecule has 0 bridgehead atoms. The number of hydrogen-bond acceptors (Lipinski definition) is 1. The van der Waals surface area contributed by atoms with Crippen molar-refractivity contribution in [3.63, 3.8) is 0 Å². The molecule has 0 aromatic rings. The SMILES string of the molecule is C=[N+]([O-])CC1(CC)CC1. The molecular weight excluding hydrogens is 114 g/mol. The Morgan fingerprint density at radius 2 is 2.22 bits per heavy atom. The van der Waals surface area contributed by atoms with Crippen molar-refractivity contribution in [3.05, 3.63) is 5.21 Å². The fourth-order valence-electron chi connectivity index (χ4n) is 1.17. The van der Waals surface area contributed by atoms with Crippen molar-refractivity contribution >= 4 is 6.72 Å². The highest BCUT2D eigenvalue weighted by Crippen LogP contribution is 2.48. The average molecular weight is 127 g/mol. The van der Waals surface area contributed by atoms with E-state index in [4.69, 9.17) is 0 Å². The van der Waals surface area contributed by atoms with E-state index < -0.39 is 0 Å². The first-order valence-corrected chi connectivity index (χ1v) is 3.44. The number of rotatable bonds is 3. The van der Waals surface area contributed by atoms with Gasteiger partial charge in [-0.3, -0.25) is 0 Å². The van der Waals surface area contributed by atoms with Crippen LogP contribution >= 0.6 is 0 Å². The quantitative estimate of drug-likeness (QED) is 0.243. The maximum atomic E-state index is 10.5. The van der Waals surface area contributed by atoms with Crippen LogP contribution in [-0.2, 0) is 0 Å². The Labute approximate surface area is 55.8 Å². The van der Waals surface area contributed by atoms with Crippen LogP contribution in [-0.4, -0.2) is 18.0 Å². The van der Waals surface area contributed by atoms with Gasteiger partial charge in [0, 0.05) is 5.41 Å². The third-order valence-corrected chi connectivity index (χ3v) is 2.22. The Balaban J connectivity index is 2.33. The molecule has 52 valence electrons. The van der Waals surface area contributed by atoms with Gasteiger partial charge in [0.15, 0.2) is 6.54 Å². The summed E-state index contributed by atoms with van der Waals surface area (Å²) in [6.45, 7) is 6.05. The number of hydrogen-bond donors (Lipinski definition) is 0. The molecule has 2 nitrogen and oxygen atoms in total. The van der Waals surface area contributed by atoms with Crippen molar-refractivity contribution in [3.8, 4) is 0 Å². The van der Waals surface area contributed by atoms with Gasteiger partial charge >= 0.3 is 0 Å². The molecule has 0 saturated heterocycles. The third kappa shape index (κ3) is 1.44. The smallest absolute Gasteiger partial charge is 0.158 e. The molecule has 2 heteroatoms. The normalized spacial score (nSPS) is 21.4. The Morgan fingerprint density at radius 1 is 1.67 bits per heavy atom. The highest BCUT2D eigenvalue weighted by atomic mass is 16.5. The predicted octanol–water partition coefficient (Wildman–Crippen LogP) is 1.39. The zero-order valence-electron chi connectivity index (χ0n) is 5.89. The Kier molecular flexibility index (Phi) is 1.47. The lowest BCUT2D eigenvalue weighted by molar-refractivity contribution is -0.460. The van der Waals surface area contributed by atoms with Gasteiger partial charge in [-0.15, -0.1) is 0 Å². The second-order valence-corrected chi connectivity index (χ2v) is 2.99. The van der Waals surface area contributed by atoms with Gasteiger partial charge in [0.05, 0.1) is 0 Å². The topological polar surface area (TPSA) is 26.1 Å². The molecule has 1 aliphatic carbocycles. The number of hydroxylamine groups is 1. The minimum absolute atomic E-state index is 0.365. The molecule has 0 spiro atoms. The van der Waals surface area contributed by atoms with Crippen molar-refractivity contribution in [1.82, 2.24) is 0 Å². The first kappa shape index (κ1) is 6.59. The minimum Gasteiger partial charge on any atom is -0.624 e. The van der Waals surface area contributed by atoms with Crippen molar-refractivity contribution in [2.45, 2.75) is 26.2 Å². The van der Waals surface area contributed by atoms with E-state index in [0.29, 0.717) is 12.0 Å². The summed E-state index contributed by atoms with van der Waals surface area (Å²) >= 11 is 0. The lowest BCUT2D eigenvalue weighted by Gasteiger charge is -2.09. The molecule has 1 saturated carbocycles. The second kappa shape index (κ2) is 2.01. The second-order valence-electron chi connectivity index (χ2n) is 2.99. The third-order valence-electron chi connectivity index (χ3n) is 2.22. The minimum atomic E-state index is 0.365. The monoisotopic (exact) mass is 127 g/mol. The molecule has 0 aromatic carbocycles. The van der Waals surface area contributed by atoms with E-state index in [1.165, 1.54) is 12.8 Å². The molecule has 0 heterocycles. The molecule has 1 rings (SSSR count). The van der Waals surface area contributed by atoms with Gasteiger partial charge < -0.3 is 5.21 Å². The Hall–Kier alpha value is -0.530. The summed E-state index contributed by atoms with van der Waals surface area (Å²) in [5.41, 5.74) is 0.365. The van der Waals surface area contributed by atoms with Crippen molar-refractivity contribution < 1.29 is 4.74 Å². The van der Waals surface area contributed by atoms with Crippen molar-refractivity contribution in [2.75, 3.05) is 6.54 Å². The van der Waals surface area contributed by atoms with Crippen LogP contribution in [0.4, 0.5) is 0 Å². The van der Waals surface area contributed by atoms with Crippen LogP contribution < -0.4 is 0 Å². The van der Waals surface area contributed by atoms with E-state index in [0.717, 1.165) is 11.2 Å². The average Bonchev–Trinajstić information content (AvgIpc) is 2.48. The van der Waals surface area contributed by atoms with Crippen LogP contribution in [0.15, 0.2) is 0 Å². The van der Waals surface area contributed by atoms with Crippen LogP contribution in [0.5, 0.6) is 0 Å². The molecule has 1 aliphatic rings. The zero-order chi connectivity index (χ0) is 6.91. The summed E-state index contributed by atoms with van der Waals surface area (Å²) in [4.78, 5) is 0. The summed E-state index contributed by atoms with van der Waals surface area (Å²) < 4.78 is 0.802. The molecule has 0 N–H and O–H groups in total. The van der Waals surface area contributed by atoms with Gasteiger partial charge in [-0.05, 0) is 19.3 Å². The van der Waals surface area contributed by atoms with E-state index in [1.807, 2.05) is 0 Å². The van der Waals surface area contributed by atoms with Gasteiger partial charge in [0.1, 0.15) is 6.72 Å². The summed E-state index contributed by atoms with van der Waals surface area (Å²) in [6, 6.07) is 0. The van der Waals surface area contributed by atoms with Gasteiger partial charge in [-0.2, -0.15) is 0 Å². The molecule has 0 unspecified atom stereocenters. The largest absolute Gasteiger partial charge is 0.624 e. The molecule has 1 fully saturated rings. The highest BCUT2D eigenvalue weighted by Gasteiger charge is 2.43. The maximum Gasteiger partial charge on any atom is 0.158 e. The molecule has 0 atom stereocenters. The fraction of sp³-hybridized carbons (Fsp3) is 0.857. The summed E-state index contributed by atoms with van der Waals surface area (Å²) in [7, 11) is 0.